The van der Waals surface area contributed by atoms with Gasteiger partial charge >= 0.3 is 0 Å². The van der Waals surface area contributed by atoms with E-state index in [-0.39, 0.29) is 30.8 Å². The number of benzene rings is 1. The Balaban J connectivity index is 1.54. The molecule has 1 saturated carbocycles. The number of carbonyl (C=O) groups is 2. The van der Waals surface area contributed by atoms with Gasteiger partial charge in [-0.25, -0.2) is 4.98 Å². The van der Waals surface area contributed by atoms with Crippen molar-refractivity contribution in [3.8, 4) is 0 Å². The molecule has 1 N–H and O–H groups in total. The van der Waals surface area contributed by atoms with Gasteiger partial charge in [0.25, 0.3) is 0 Å². The molecule has 0 bridgehead atoms. The van der Waals surface area contributed by atoms with E-state index in [4.69, 9.17) is 0 Å². The molecular weight excluding hydrogens is 350 g/mol. The number of aromatic nitrogens is 2. The molecule has 136 valence electrons. The number of nitrogens with zero attached hydrogens (tertiary/aromatic N) is 4. The van der Waals surface area contributed by atoms with Gasteiger partial charge in [0.1, 0.15) is 5.82 Å². The molecule has 4 rings (SSSR count). The number of likely N-dealkylation sites (N-methyl/N-ethyl adjacent to an activating group) is 1. The second-order valence-corrected chi connectivity index (χ2v) is 7.68. The van der Waals surface area contributed by atoms with E-state index in [1.807, 2.05) is 43.1 Å². The first-order valence-electron chi connectivity index (χ1n) is 8.78. The third kappa shape index (κ3) is 3.29. The van der Waals surface area contributed by atoms with Gasteiger partial charge in [-0.05, 0) is 31.9 Å². The van der Waals surface area contributed by atoms with Crippen molar-refractivity contribution in [1.82, 2.24) is 9.36 Å². The summed E-state index contributed by atoms with van der Waals surface area (Å²) in [6.07, 6.45) is 2.58. The fraction of sp³-hybridized carbons (Fsp3) is 0.444. The van der Waals surface area contributed by atoms with Crippen molar-refractivity contribution in [1.29, 1.82) is 0 Å². The summed E-state index contributed by atoms with van der Waals surface area (Å²) in [4.78, 5) is 33.2. The molecule has 0 saturated heterocycles. The highest BCUT2D eigenvalue weighted by Gasteiger charge is 2.31. The molecule has 0 radical (unpaired) electrons. The van der Waals surface area contributed by atoms with Crippen LogP contribution in [0.1, 0.15) is 37.9 Å². The van der Waals surface area contributed by atoms with Crippen LogP contribution in [0.3, 0.4) is 0 Å². The Labute approximate surface area is 156 Å². The number of carbonyl (C=O) groups excluding carboxylic acids is 2. The number of hydrogen-bond donors (Lipinski definition) is 1. The van der Waals surface area contributed by atoms with Gasteiger partial charge in [-0.3, -0.25) is 9.59 Å². The summed E-state index contributed by atoms with van der Waals surface area (Å²) in [5, 5.41) is 3.63. The molecule has 1 unspecified atom stereocenters. The molecule has 1 atom stereocenters. The van der Waals surface area contributed by atoms with Gasteiger partial charge in [0.2, 0.25) is 16.9 Å². The zero-order valence-corrected chi connectivity index (χ0v) is 15.6. The zero-order chi connectivity index (χ0) is 18.3. The Bertz CT molecular complexity index is 848. The Kier molecular flexibility index (Phi) is 4.36. The van der Waals surface area contributed by atoms with Crippen LogP contribution in [0.15, 0.2) is 24.3 Å². The highest BCUT2D eigenvalue weighted by atomic mass is 32.1. The fourth-order valence-corrected chi connectivity index (χ4v) is 3.91. The van der Waals surface area contributed by atoms with Crippen LogP contribution in [0.2, 0.25) is 0 Å². The molecule has 7 nitrogen and oxygen atoms in total. The summed E-state index contributed by atoms with van der Waals surface area (Å²) in [5.41, 5.74) is 1.41. The van der Waals surface area contributed by atoms with Crippen molar-refractivity contribution in [3.63, 3.8) is 0 Å². The second-order valence-electron chi connectivity index (χ2n) is 6.95. The van der Waals surface area contributed by atoms with E-state index in [9.17, 15) is 9.59 Å². The number of amides is 2. The Morgan fingerprint density at radius 3 is 2.92 bits per heavy atom. The molecule has 2 aromatic rings. The second kappa shape index (κ2) is 6.68. The van der Waals surface area contributed by atoms with Gasteiger partial charge in [0, 0.05) is 37.0 Å². The van der Waals surface area contributed by atoms with E-state index in [0.717, 1.165) is 29.5 Å². The van der Waals surface area contributed by atoms with Crippen molar-refractivity contribution in [2.24, 2.45) is 0 Å². The fourth-order valence-electron chi connectivity index (χ4n) is 3.20. The lowest BCUT2D eigenvalue weighted by Gasteiger charge is -2.29. The normalized spacial score (nSPS) is 19.5. The van der Waals surface area contributed by atoms with Gasteiger partial charge < -0.3 is 15.1 Å². The first-order chi connectivity index (χ1) is 12.5. The predicted molar refractivity (Wildman–Crippen MR) is 102 cm³/mol. The number of hydrogen-bond acceptors (Lipinski definition) is 6. The smallest absolute Gasteiger partial charge is 0.246 e. The van der Waals surface area contributed by atoms with E-state index in [1.54, 1.807) is 4.90 Å². The highest BCUT2D eigenvalue weighted by molar-refractivity contribution is 7.09. The Morgan fingerprint density at radius 1 is 1.38 bits per heavy atom. The number of fused-ring (bicyclic) bond motifs is 1. The quantitative estimate of drug-likeness (QED) is 0.894. The first-order valence-corrected chi connectivity index (χ1v) is 9.56. The number of anilines is 3. The molecule has 0 spiro atoms. The van der Waals surface area contributed by atoms with Crippen LogP contribution in [-0.4, -0.2) is 40.8 Å². The molecule has 1 aliphatic heterocycles. The summed E-state index contributed by atoms with van der Waals surface area (Å²) < 4.78 is 4.40. The molecule has 1 fully saturated rings. The summed E-state index contributed by atoms with van der Waals surface area (Å²) in [5.74, 6) is 1.25. The lowest BCUT2D eigenvalue weighted by atomic mass is 10.1. The standard InChI is InChI=1S/C18H21N5O2S/c1-11-9-15(24)19-13-5-3-4-6-14(13)23(11)16(25)10-22(2)18-20-17(21-26-18)12-7-8-12/h3-6,11-12H,7-10H2,1-2H3,(H,19,24). The maximum Gasteiger partial charge on any atom is 0.246 e. The van der Waals surface area contributed by atoms with Crippen LogP contribution in [0.5, 0.6) is 0 Å². The van der Waals surface area contributed by atoms with Gasteiger partial charge in [-0.2, -0.15) is 4.37 Å². The topological polar surface area (TPSA) is 78.4 Å². The summed E-state index contributed by atoms with van der Waals surface area (Å²) in [6.45, 7) is 2.09. The largest absolute Gasteiger partial charge is 0.341 e. The lowest BCUT2D eigenvalue weighted by molar-refractivity contribution is -0.118. The maximum absolute atomic E-state index is 13.1. The minimum Gasteiger partial charge on any atom is -0.341 e. The summed E-state index contributed by atoms with van der Waals surface area (Å²) >= 11 is 1.33. The zero-order valence-electron chi connectivity index (χ0n) is 14.8. The van der Waals surface area contributed by atoms with Gasteiger partial charge in [-0.15, -0.1) is 0 Å². The first kappa shape index (κ1) is 17.0. The molecule has 2 aliphatic rings. The molecule has 1 aliphatic carbocycles. The lowest BCUT2D eigenvalue weighted by Crippen LogP contribution is -2.44. The van der Waals surface area contributed by atoms with Gasteiger partial charge in [0.05, 0.1) is 17.9 Å². The minimum atomic E-state index is -0.212. The van der Waals surface area contributed by atoms with Crippen LogP contribution in [0, 0.1) is 0 Å². The van der Waals surface area contributed by atoms with E-state index in [2.05, 4.69) is 14.7 Å². The average Bonchev–Trinajstić information content (AvgIpc) is 3.34. The van der Waals surface area contributed by atoms with Crippen molar-refractivity contribution < 1.29 is 9.59 Å². The molecule has 1 aromatic heterocycles. The predicted octanol–water partition coefficient (Wildman–Crippen LogP) is 2.62. The summed E-state index contributed by atoms with van der Waals surface area (Å²) in [7, 11) is 1.85. The van der Waals surface area contributed by atoms with Crippen molar-refractivity contribution in [2.75, 3.05) is 28.7 Å². The molecule has 2 heterocycles. The SMILES string of the molecule is CC1CC(=O)Nc2ccccc2N1C(=O)CN(C)c1nc(C2CC2)ns1. The van der Waals surface area contributed by atoms with Crippen LogP contribution in [-0.2, 0) is 9.59 Å². The molecular formula is C18H21N5O2S. The molecule has 1 aromatic carbocycles. The van der Waals surface area contributed by atoms with Crippen molar-refractivity contribution in [2.45, 2.75) is 38.1 Å². The van der Waals surface area contributed by atoms with E-state index in [1.165, 1.54) is 11.5 Å². The third-order valence-electron chi connectivity index (χ3n) is 4.70. The Morgan fingerprint density at radius 2 is 2.15 bits per heavy atom. The third-order valence-corrected chi connectivity index (χ3v) is 5.55. The number of para-hydroxylation sites is 2. The van der Waals surface area contributed by atoms with Crippen molar-refractivity contribution in [3.05, 3.63) is 30.1 Å². The van der Waals surface area contributed by atoms with Crippen LogP contribution in [0.25, 0.3) is 0 Å². The maximum atomic E-state index is 13.1. The summed E-state index contributed by atoms with van der Waals surface area (Å²) in [6, 6.07) is 7.20. The Hall–Kier alpha value is -2.48. The molecule has 8 heteroatoms. The van der Waals surface area contributed by atoms with Gasteiger partial charge in [0.15, 0.2) is 0 Å². The van der Waals surface area contributed by atoms with Crippen LogP contribution < -0.4 is 15.1 Å². The van der Waals surface area contributed by atoms with Crippen molar-refractivity contribution >= 4 is 39.9 Å². The van der Waals surface area contributed by atoms with Crippen LogP contribution >= 0.6 is 11.5 Å². The average molecular weight is 371 g/mol. The van der Waals surface area contributed by atoms with E-state index >= 15 is 0 Å². The monoisotopic (exact) mass is 371 g/mol. The highest BCUT2D eigenvalue weighted by Crippen LogP contribution is 2.39. The number of rotatable bonds is 4. The number of nitrogens with one attached hydrogen (secondary N) is 1. The minimum absolute atomic E-state index is 0.0629. The molecule has 26 heavy (non-hydrogen) atoms. The molecule has 2 amide bonds. The van der Waals surface area contributed by atoms with Crippen LogP contribution in [0.4, 0.5) is 16.5 Å². The van der Waals surface area contributed by atoms with Gasteiger partial charge in [-0.1, -0.05) is 12.1 Å². The van der Waals surface area contributed by atoms with E-state index in [0.29, 0.717) is 11.6 Å². The van der Waals surface area contributed by atoms with E-state index < -0.39 is 0 Å².